The quantitative estimate of drug-likeness (QED) is 0.708. The summed E-state index contributed by atoms with van der Waals surface area (Å²) in [5, 5.41) is 1.07. The fourth-order valence-corrected chi connectivity index (χ4v) is 2.01. The number of nitrogens with zero attached hydrogens (tertiary/aromatic N) is 2. The molecule has 3 rings (SSSR count). The van der Waals surface area contributed by atoms with Crippen molar-refractivity contribution >= 4 is 16.9 Å². The molecule has 0 saturated heterocycles. The third-order valence-electron chi connectivity index (χ3n) is 2.80. The van der Waals surface area contributed by atoms with E-state index in [9.17, 15) is 0 Å². The summed E-state index contributed by atoms with van der Waals surface area (Å²) < 4.78 is 5.77. The van der Waals surface area contributed by atoms with Gasteiger partial charge < -0.3 is 10.2 Å². The Morgan fingerprint density at radius 2 is 1.89 bits per heavy atom. The van der Waals surface area contributed by atoms with Crippen LogP contribution in [0.1, 0.15) is 11.3 Å². The molecule has 0 saturated carbocycles. The van der Waals surface area contributed by atoms with Crippen LogP contribution in [0.15, 0.2) is 34.7 Å². The summed E-state index contributed by atoms with van der Waals surface area (Å²) in [6.45, 7) is 3.94. The molecule has 0 radical (unpaired) electrons. The van der Waals surface area contributed by atoms with Gasteiger partial charge in [-0.05, 0) is 38.1 Å². The number of hydrogen-bond acceptors (Lipinski definition) is 4. The maximum absolute atomic E-state index is 5.77. The summed E-state index contributed by atoms with van der Waals surface area (Å²) in [6.07, 6.45) is 0. The highest BCUT2D eigenvalue weighted by Gasteiger charge is 2.09. The van der Waals surface area contributed by atoms with E-state index in [2.05, 4.69) is 23.0 Å². The summed E-state index contributed by atoms with van der Waals surface area (Å²) in [6, 6.07) is 9.91. The minimum atomic E-state index is 0.265. The Balaban J connectivity index is 2.19. The van der Waals surface area contributed by atoms with Crippen LogP contribution in [0.5, 0.6) is 0 Å². The first-order valence-corrected chi connectivity index (χ1v) is 5.73. The van der Waals surface area contributed by atoms with E-state index >= 15 is 0 Å². The molecule has 90 valence electrons. The molecule has 2 heterocycles. The molecule has 4 heteroatoms. The first-order valence-electron chi connectivity index (χ1n) is 5.73. The number of aryl methyl sites for hydroxylation is 2. The van der Waals surface area contributed by atoms with Crippen molar-refractivity contribution in [2.24, 2.45) is 0 Å². The molecule has 0 bridgehead atoms. The van der Waals surface area contributed by atoms with E-state index < -0.39 is 0 Å². The van der Waals surface area contributed by atoms with Crippen molar-refractivity contribution in [1.82, 2.24) is 9.97 Å². The molecule has 0 unspecified atom stereocenters. The monoisotopic (exact) mass is 239 g/mol. The fourth-order valence-electron chi connectivity index (χ4n) is 2.01. The Kier molecular flexibility index (Phi) is 2.30. The predicted octanol–water partition coefficient (Wildman–Crippen LogP) is 3.09. The lowest BCUT2D eigenvalue weighted by Gasteiger charge is -1.99. The smallest absolute Gasteiger partial charge is 0.220 e. The number of nitrogen functional groups attached to an aromatic ring is 1. The zero-order valence-electron chi connectivity index (χ0n) is 10.3. The van der Waals surface area contributed by atoms with E-state index in [4.69, 9.17) is 10.2 Å². The lowest BCUT2D eigenvalue weighted by Crippen LogP contribution is -1.97. The molecule has 1 aromatic carbocycles. The van der Waals surface area contributed by atoms with E-state index in [1.54, 1.807) is 0 Å². The summed E-state index contributed by atoms with van der Waals surface area (Å²) >= 11 is 0. The van der Waals surface area contributed by atoms with E-state index in [1.165, 1.54) is 5.56 Å². The van der Waals surface area contributed by atoms with Crippen LogP contribution in [-0.2, 0) is 0 Å². The molecular weight excluding hydrogens is 226 g/mol. The third-order valence-corrected chi connectivity index (χ3v) is 2.80. The first-order chi connectivity index (χ1) is 8.61. The van der Waals surface area contributed by atoms with Crippen molar-refractivity contribution < 1.29 is 4.42 Å². The van der Waals surface area contributed by atoms with Gasteiger partial charge in [0.15, 0.2) is 5.76 Å². The van der Waals surface area contributed by atoms with Gasteiger partial charge in [-0.2, -0.15) is 0 Å². The summed E-state index contributed by atoms with van der Waals surface area (Å²) in [5.41, 5.74) is 9.25. The number of rotatable bonds is 1. The van der Waals surface area contributed by atoms with E-state index in [-0.39, 0.29) is 5.95 Å². The third kappa shape index (κ3) is 1.82. The molecule has 0 spiro atoms. The van der Waals surface area contributed by atoms with Crippen molar-refractivity contribution in [3.05, 3.63) is 41.6 Å². The maximum atomic E-state index is 5.77. The second-order valence-electron chi connectivity index (χ2n) is 4.40. The Labute approximate surface area is 104 Å². The minimum absolute atomic E-state index is 0.265. The number of hydrogen-bond donors (Lipinski definition) is 1. The van der Waals surface area contributed by atoms with Crippen molar-refractivity contribution in [3.8, 4) is 11.5 Å². The summed E-state index contributed by atoms with van der Waals surface area (Å²) in [4.78, 5) is 8.25. The molecule has 3 aromatic rings. The lowest BCUT2D eigenvalue weighted by atomic mass is 10.2. The van der Waals surface area contributed by atoms with Gasteiger partial charge in [0.05, 0.1) is 0 Å². The summed E-state index contributed by atoms with van der Waals surface area (Å²) in [5.74, 6) is 0.981. The Morgan fingerprint density at radius 1 is 1.06 bits per heavy atom. The van der Waals surface area contributed by atoms with Gasteiger partial charge in [-0.1, -0.05) is 11.6 Å². The van der Waals surface area contributed by atoms with Gasteiger partial charge >= 0.3 is 0 Å². The molecule has 0 atom stereocenters. The largest absolute Gasteiger partial charge is 0.454 e. The highest BCUT2D eigenvalue weighted by atomic mass is 16.3. The summed E-state index contributed by atoms with van der Waals surface area (Å²) in [7, 11) is 0. The van der Waals surface area contributed by atoms with Crippen LogP contribution in [0, 0.1) is 13.8 Å². The van der Waals surface area contributed by atoms with E-state index in [1.807, 2.05) is 31.2 Å². The van der Waals surface area contributed by atoms with E-state index in [0.717, 1.165) is 16.7 Å². The van der Waals surface area contributed by atoms with Crippen LogP contribution >= 0.6 is 0 Å². The van der Waals surface area contributed by atoms with Crippen LogP contribution < -0.4 is 5.73 Å². The molecule has 0 aliphatic rings. The first kappa shape index (κ1) is 10.8. The second kappa shape index (κ2) is 3.84. The zero-order chi connectivity index (χ0) is 12.7. The van der Waals surface area contributed by atoms with Gasteiger partial charge in [0.2, 0.25) is 5.95 Å². The number of benzene rings is 1. The van der Waals surface area contributed by atoms with E-state index in [0.29, 0.717) is 11.5 Å². The van der Waals surface area contributed by atoms with Crippen LogP contribution in [0.2, 0.25) is 0 Å². The number of nitrogens with two attached hydrogens (primary N) is 1. The molecular formula is C14H13N3O. The molecule has 0 amide bonds. The van der Waals surface area contributed by atoms with Gasteiger partial charge in [-0.15, -0.1) is 0 Å². The van der Waals surface area contributed by atoms with Crippen molar-refractivity contribution in [1.29, 1.82) is 0 Å². The standard InChI is InChI=1S/C14H13N3O/c1-8-3-4-12-10(5-8)7-13(18-12)11-6-9(2)16-14(15)17-11/h3-7H,1-2H3,(H2,15,16,17). The second-order valence-corrected chi connectivity index (χ2v) is 4.40. The van der Waals surface area contributed by atoms with Crippen LogP contribution in [0.3, 0.4) is 0 Å². The number of fused-ring (bicyclic) bond motifs is 1. The number of furan rings is 1. The highest BCUT2D eigenvalue weighted by molar-refractivity contribution is 5.82. The van der Waals surface area contributed by atoms with Gasteiger partial charge in [-0.3, -0.25) is 0 Å². The van der Waals surface area contributed by atoms with Gasteiger partial charge in [-0.25, -0.2) is 9.97 Å². The van der Waals surface area contributed by atoms with Gasteiger partial charge in [0.25, 0.3) is 0 Å². The normalized spacial score (nSPS) is 11.0. The Morgan fingerprint density at radius 3 is 2.67 bits per heavy atom. The predicted molar refractivity (Wildman–Crippen MR) is 71.1 cm³/mol. The van der Waals surface area contributed by atoms with Crippen LogP contribution in [0.25, 0.3) is 22.4 Å². The zero-order valence-corrected chi connectivity index (χ0v) is 10.3. The van der Waals surface area contributed by atoms with Gasteiger partial charge in [0, 0.05) is 11.1 Å². The average Bonchev–Trinajstić information content (AvgIpc) is 2.70. The van der Waals surface area contributed by atoms with Crippen molar-refractivity contribution in [2.75, 3.05) is 5.73 Å². The molecule has 18 heavy (non-hydrogen) atoms. The number of aromatic nitrogens is 2. The lowest BCUT2D eigenvalue weighted by molar-refractivity contribution is 0.628. The Bertz CT molecular complexity index is 711. The maximum Gasteiger partial charge on any atom is 0.220 e. The average molecular weight is 239 g/mol. The SMILES string of the molecule is Cc1ccc2oc(-c3cc(C)nc(N)n3)cc2c1. The van der Waals surface area contributed by atoms with Crippen LogP contribution in [0.4, 0.5) is 5.95 Å². The minimum Gasteiger partial charge on any atom is -0.454 e. The topological polar surface area (TPSA) is 64.9 Å². The molecule has 0 aliphatic carbocycles. The van der Waals surface area contributed by atoms with Crippen LogP contribution in [-0.4, -0.2) is 9.97 Å². The van der Waals surface area contributed by atoms with Gasteiger partial charge in [0.1, 0.15) is 11.3 Å². The molecule has 2 aromatic heterocycles. The molecule has 2 N–H and O–H groups in total. The molecule has 0 fully saturated rings. The molecule has 4 nitrogen and oxygen atoms in total. The van der Waals surface area contributed by atoms with Crippen molar-refractivity contribution in [3.63, 3.8) is 0 Å². The highest BCUT2D eigenvalue weighted by Crippen LogP contribution is 2.27. The fraction of sp³-hybridized carbons (Fsp3) is 0.143. The Hall–Kier alpha value is -2.36. The van der Waals surface area contributed by atoms with Crippen molar-refractivity contribution in [2.45, 2.75) is 13.8 Å². The molecule has 0 aliphatic heterocycles. The number of anilines is 1.